The number of aryl methyl sites for hydroxylation is 1. The molecule has 0 spiro atoms. The van der Waals surface area contributed by atoms with Gasteiger partial charge in [0.2, 0.25) is 0 Å². The van der Waals surface area contributed by atoms with Crippen LogP contribution in [0.25, 0.3) is 0 Å². The Morgan fingerprint density at radius 1 is 1.15 bits per heavy atom. The van der Waals surface area contributed by atoms with Crippen molar-refractivity contribution in [3.63, 3.8) is 0 Å². The van der Waals surface area contributed by atoms with Crippen molar-refractivity contribution in [3.05, 3.63) is 59.7 Å². The molecule has 7 heteroatoms. The maximum Gasteiger partial charge on any atom is 0.261 e. The van der Waals surface area contributed by atoms with Gasteiger partial charge < -0.3 is 10.2 Å². The highest BCUT2D eigenvalue weighted by molar-refractivity contribution is 7.92. The molecule has 2 aromatic rings. The highest BCUT2D eigenvalue weighted by Gasteiger charge is 2.24. The van der Waals surface area contributed by atoms with Gasteiger partial charge in [0.05, 0.1) is 10.6 Å². The number of rotatable bonds is 4. The third kappa shape index (κ3) is 3.89. The van der Waals surface area contributed by atoms with E-state index in [0.717, 1.165) is 18.7 Å². The highest BCUT2D eigenvalue weighted by atomic mass is 32.2. The predicted octanol–water partition coefficient (Wildman–Crippen LogP) is 2.23. The van der Waals surface area contributed by atoms with Crippen LogP contribution in [0.4, 0.5) is 5.69 Å². The molecular weight excluding hydrogens is 350 g/mol. The molecule has 0 saturated carbocycles. The Balaban J connectivity index is 1.78. The summed E-state index contributed by atoms with van der Waals surface area (Å²) in [6.45, 7) is 6.01. The summed E-state index contributed by atoms with van der Waals surface area (Å²) in [5.74, 6) is -0.0742. The number of para-hydroxylation sites is 1. The summed E-state index contributed by atoms with van der Waals surface area (Å²) in [6, 6.07) is 13.4. The minimum Gasteiger partial charge on any atom is -0.333 e. The second kappa shape index (κ2) is 7.47. The lowest BCUT2D eigenvalue weighted by molar-refractivity contribution is 0.0655. The number of nitrogens with one attached hydrogen (secondary N) is 2. The topological polar surface area (TPSA) is 78.5 Å². The molecule has 2 N–H and O–H groups in total. The molecule has 26 heavy (non-hydrogen) atoms. The molecule has 0 aromatic heterocycles. The summed E-state index contributed by atoms with van der Waals surface area (Å²) in [5.41, 5.74) is 1.88. The zero-order chi connectivity index (χ0) is 18.7. The molecule has 1 unspecified atom stereocenters. The normalized spacial score (nSPS) is 17.8. The summed E-state index contributed by atoms with van der Waals surface area (Å²) >= 11 is 0. The lowest BCUT2D eigenvalue weighted by Crippen LogP contribution is -2.52. The van der Waals surface area contributed by atoms with Crippen LogP contribution in [0.3, 0.4) is 0 Å². The maximum absolute atomic E-state index is 12.6. The summed E-state index contributed by atoms with van der Waals surface area (Å²) in [5, 5.41) is 3.25. The number of hydrogen-bond donors (Lipinski definition) is 2. The number of carbonyl (C=O) groups excluding carboxylic acids is 1. The molecule has 1 atom stereocenters. The first-order chi connectivity index (χ1) is 12.4. The number of benzene rings is 2. The number of amides is 1. The molecule has 1 heterocycles. The molecule has 1 aliphatic rings. The van der Waals surface area contributed by atoms with Gasteiger partial charge in [0.25, 0.3) is 15.9 Å². The Morgan fingerprint density at radius 3 is 2.50 bits per heavy atom. The lowest BCUT2D eigenvalue weighted by atomic mass is 10.1. The van der Waals surface area contributed by atoms with Crippen LogP contribution in [-0.4, -0.2) is 44.9 Å². The van der Waals surface area contributed by atoms with E-state index in [2.05, 4.69) is 10.0 Å². The van der Waals surface area contributed by atoms with E-state index >= 15 is 0 Å². The number of piperazine rings is 1. The molecule has 1 amide bonds. The van der Waals surface area contributed by atoms with Gasteiger partial charge in [-0.25, -0.2) is 8.42 Å². The SMILES string of the molecule is Cc1ccccc1NS(=O)(=O)c1ccc(C(=O)N2CCNCC2C)cc1. The molecule has 0 radical (unpaired) electrons. The van der Waals surface area contributed by atoms with Crippen molar-refractivity contribution in [2.45, 2.75) is 24.8 Å². The first-order valence-electron chi connectivity index (χ1n) is 8.59. The Kier molecular flexibility index (Phi) is 5.29. The second-order valence-corrected chi connectivity index (χ2v) is 8.18. The van der Waals surface area contributed by atoms with Crippen molar-refractivity contribution in [1.29, 1.82) is 0 Å². The van der Waals surface area contributed by atoms with Gasteiger partial charge >= 0.3 is 0 Å². The van der Waals surface area contributed by atoms with Gasteiger partial charge in [-0.15, -0.1) is 0 Å². The average Bonchev–Trinajstić information content (AvgIpc) is 2.63. The van der Waals surface area contributed by atoms with Crippen LogP contribution in [0, 0.1) is 6.92 Å². The quantitative estimate of drug-likeness (QED) is 0.861. The molecule has 0 aliphatic carbocycles. The first-order valence-corrected chi connectivity index (χ1v) is 10.1. The molecule has 138 valence electrons. The standard InChI is InChI=1S/C19H23N3O3S/c1-14-5-3-4-6-18(14)21-26(24,25)17-9-7-16(8-10-17)19(23)22-12-11-20-13-15(22)2/h3-10,15,20-21H,11-13H2,1-2H3. The number of carbonyl (C=O) groups is 1. The number of hydrogen-bond acceptors (Lipinski definition) is 4. The Labute approximate surface area is 154 Å². The van der Waals surface area contributed by atoms with Crippen molar-refractivity contribution in [2.75, 3.05) is 24.4 Å². The van der Waals surface area contributed by atoms with E-state index in [0.29, 0.717) is 17.8 Å². The zero-order valence-corrected chi connectivity index (χ0v) is 15.7. The van der Waals surface area contributed by atoms with Crippen LogP contribution in [-0.2, 0) is 10.0 Å². The maximum atomic E-state index is 12.6. The van der Waals surface area contributed by atoms with Crippen LogP contribution >= 0.6 is 0 Å². The van der Waals surface area contributed by atoms with Crippen molar-refractivity contribution >= 4 is 21.6 Å². The largest absolute Gasteiger partial charge is 0.333 e. The number of anilines is 1. The fourth-order valence-electron chi connectivity index (χ4n) is 2.98. The van der Waals surface area contributed by atoms with Crippen LogP contribution in [0.1, 0.15) is 22.8 Å². The first kappa shape index (κ1) is 18.4. The number of nitrogens with zero attached hydrogens (tertiary/aromatic N) is 1. The molecule has 1 saturated heterocycles. The van der Waals surface area contributed by atoms with Gasteiger partial charge in [-0.2, -0.15) is 0 Å². The molecule has 3 rings (SSSR count). The number of sulfonamides is 1. The summed E-state index contributed by atoms with van der Waals surface area (Å²) < 4.78 is 27.7. The zero-order valence-electron chi connectivity index (χ0n) is 14.9. The smallest absolute Gasteiger partial charge is 0.261 e. The van der Waals surface area contributed by atoms with E-state index < -0.39 is 10.0 Å². The fraction of sp³-hybridized carbons (Fsp3) is 0.316. The van der Waals surface area contributed by atoms with Gasteiger partial charge in [0.1, 0.15) is 0 Å². The van der Waals surface area contributed by atoms with Crippen molar-refractivity contribution in [2.24, 2.45) is 0 Å². The van der Waals surface area contributed by atoms with Gasteiger partial charge in [-0.1, -0.05) is 18.2 Å². The van der Waals surface area contributed by atoms with E-state index in [1.165, 1.54) is 12.1 Å². The van der Waals surface area contributed by atoms with E-state index in [1.807, 2.05) is 30.9 Å². The summed E-state index contributed by atoms with van der Waals surface area (Å²) in [6.07, 6.45) is 0. The Hall–Kier alpha value is -2.38. The Morgan fingerprint density at radius 2 is 1.85 bits per heavy atom. The van der Waals surface area contributed by atoms with Crippen LogP contribution in [0.2, 0.25) is 0 Å². The highest BCUT2D eigenvalue weighted by Crippen LogP contribution is 2.20. The molecule has 1 fully saturated rings. The Bertz CT molecular complexity index is 895. The van der Waals surface area contributed by atoms with Crippen molar-refractivity contribution in [3.8, 4) is 0 Å². The molecule has 0 bridgehead atoms. The van der Waals surface area contributed by atoms with Gasteiger partial charge in [0.15, 0.2) is 0 Å². The summed E-state index contributed by atoms with van der Waals surface area (Å²) in [7, 11) is -3.70. The third-order valence-electron chi connectivity index (χ3n) is 4.56. The molecular formula is C19H23N3O3S. The molecule has 1 aliphatic heterocycles. The fourth-order valence-corrected chi connectivity index (χ4v) is 4.11. The van der Waals surface area contributed by atoms with Gasteiger partial charge in [-0.05, 0) is 49.7 Å². The van der Waals surface area contributed by atoms with E-state index in [-0.39, 0.29) is 16.8 Å². The molecule has 2 aromatic carbocycles. The van der Waals surface area contributed by atoms with E-state index in [4.69, 9.17) is 0 Å². The minimum atomic E-state index is -3.70. The van der Waals surface area contributed by atoms with Crippen molar-refractivity contribution in [1.82, 2.24) is 10.2 Å². The van der Waals surface area contributed by atoms with Gasteiger partial charge in [0, 0.05) is 31.2 Å². The minimum absolute atomic E-state index is 0.0742. The van der Waals surface area contributed by atoms with Crippen LogP contribution in [0.5, 0.6) is 0 Å². The predicted molar refractivity (Wildman–Crippen MR) is 102 cm³/mol. The summed E-state index contributed by atoms with van der Waals surface area (Å²) in [4.78, 5) is 14.6. The van der Waals surface area contributed by atoms with Crippen molar-refractivity contribution < 1.29 is 13.2 Å². The average molecular weight is 373 g/mol. The van der Waals surface area contributed by atoms with Crippen LogP contribution in [0.15, 0.2) is 53.4 Å². The van der Waals surface area contributed by atoms with E-state index in [9.17, 15) is 13.2 Å². The van der Waals surface area contributed by atoms with Crippen LogP contribution < -0.4 is 10.0 Å². The van der Waals surface area contributed by atoms with E-state index in [1.54, 1.807) is 24.3 Å². The third-order valence-corrected chi connectivity index (χ3v) is 5.94. The van der Waals surface area contributed by atoms with Gasteiger partial charge in [-0.3, -0.25) is 9.52 Å². The molecule has 6 nitrogen and oxygen atoms in total. The second-order valence-electron chi connectivity index (χ2n) is 6.50. The lowest BCUT2D eigenvalue weighted by Gasteiger charge is -2.34. The monoisotopic (exact) mass is 373 g/mol.